The molecule has 0 aliphatic carbocycles. The van der Waals surface area contributed by atoms with E-state index in [0.29, 0.717) is 171 Å². The molecular formula is C94H187N9O31P2S2. The molecular weight excluding hydrogens is 1880 g/mol. The lowest BCUT2D eigenvalue weighted by Crippen LogP contribution is -2.44. The van der Waals surface area contributed by atoms with Crippen molar-refractivity contribution >= 4 is 107 Å². The molecule has 0 saturated heterocycles. The molecule has 0 spiro atoms. The molecule has 0 aliphatic rings. The van der Waals surface area contributed by atoms with Gasteiger partial charge in [-0.25, -0.2) is 35.6 Å². The van der Waals surface area contributed by atoms with Gasteiger partial charge in [0.2, 0.25) is 29.5 Å². The Morgan fingerprint density at radius 1 is 0.326 bits per heavy atom. The Hall–Kier alpha value is -6.60. The first kappa shape index (κ1) is 147. The lowest BCUT2D eigenvalue weighted by Gasteiger charge is -2.30. The average Bonchev–Trinajstić information content (AvgIpc) is 0.777. The van der Waals surface area contributed by atoms with Crippen LogP contribution >= 0.6 is 15.6 Å². The van der Waals surface area contributed by atoms with Crippen molar-refractivity contribution in [3.8, 4) is 0 Å². The number of hydrogen-bond donors (Lipinski definition) is 11. The topological polar surface area (TPSA) is 611 Å². The van der Waals surface area contributed by atoms with Crippen LogP contribution in [0.15, 0.2) is 24.3 Å². The number of carbonyl (C=O) groups excluding carboxylic acids is 12. The number of nitrogens with two attached hydrogens (primary N) is 2. The number of esters is 5. The lowest BCUT2D eigenvalue weighted by atomic mass is 9.89. The largest absolute Gasteiger partial charge is 0.748 e. The molecule has 13 N–H and O–H groups in total. The van der Waals surface area contributed by atoms with Crippen LogP contribution in [0.3, 0.4) is 0 Å². The van der Waals surface area contributed by atoms with Crippen LogP contribution in [0.25, 0.3) is 0 Å². The van der Waals surface area contributed by atoms with Gasteiger partial charge in [0, 0.05) is 134 Å². The van der Waals surface area contributed by atoms with Crippen molar-refractivity contribution in [2.45, 2.75) is 308 Å². The second-order valence-corrected chi connectivity index (χ2v) is 45.4. The van der Waals surface area contributed by atoms with Gasteiger partial charge in [0.25, 0.3) is 0 Å². The minimum absolute atomic E-state index is 0.0224. The molecule has 0 aromatic heterocycles. The minimum Gasteiger partial charge on any atom is -0.748 e. The molecule has 0 radical (unpaired) electrons. The predicted octanol–water partition coefficient (Wildman–Crippen LogP) is 11.0. The maximum atomic E-state index is 11.9. The number of nitrogens with zero attached hydrogens (tertiary/aromatic N) is 2. The van der Waals surface area contributed by atoms with E-state index in [1.807, 2.05) is 153 Å². The summed E-state index contributed by atoms with van der Waals surface area (Å²) in [6.45, 7) is 62.1. The zero-order valence-corrected chi connectivity index (χ0v) is 93.2. The molecule has 138 heavy (non-hydrogen) atoms. The number of rotatable bonds is 62. The van der Waals surface area contributed by atoms with Crippen LogP contribution < -0.4 is 38.1 Å². The summed E-state index contributed by atoms with van der Waals surface area (Å²) in [6.07, 6.45) is 12.3. The Labute approximate surface area is 828 Å². The Morgan fingerprint density at radius 3 is 0.812 bits per heavy atom. The fourth-order valence-corrected chi connectivity index (χ4v) is 10.8. The molecule has 0 aromatic carbocycles. The second-order valence-electron chi connectivity index (χ2n) is 39.8. The summed E-state index contributed by atoms with van der Waals surface area (Å²) >= 11 is 0. The third-order valence-corrected chi connectivity index (χ3v) is 25.3. The van der Waals surface area contributed by atoms with Crippen LogP contribution in [0, 0.1) is 43.3 Å². The molecule has 0 saturated carbocycles. The minimum atomic E-state index is -4.46. The Kier molecular flexibility index (Phi) is 79.0. The van der Waals surface area contributed by atoms with Crippen molar-refractivity contribution in [3.63, 3.8) is 0 Å². The maximum Gasteiger partial charge on any atom is 0.469 e. The van der Waals surface area contributed by atoms with E-state index in [0.717, 1.165) is 56.1 Å². The number of likely N-dealkylation sites (N-methyl/N-ethyl adjacent to an activating group) is 1. The molecule has 0 aromatic rings. The number of ketones is 2. The second kappa shape index (κ2) is 74.3. The number of Topliss-reactive ketones (excluding diaryl/α,β-unsaturated/α-hetero) is 2. The summed E-state index contributed by atoms with van der Waals surface area (Å²) < 4.78 is 118. The third kappa shape index (κ3) is 86.1. The van der Waals surface area contributed by atoms with Crippen molar-refractivity contribution in [1.29, 1.82) is 0 Å². The van der Waals surface area contributed by atoms with Gasteiger partial charge in [0.1, 0.15) is 37.9 Å². The first-order chi connectivity index (χ1) is 62.7. The molecule has 5 amide bonds. The molecule has 0 bridgehead atoms. The van der Waals surface area contributed by atoms with E-state index in [4.69, 9.17) is 54.7 Å². The number of phosphoric acid groups is 2. The Balaban J connectivity index is -0.000000236. The van der Waals surface area contributed by atoms with Crippen LogP contribution in [0.1, 0.15) is 308 Å². The van der Waals surface area contributed by atoms with E-state index >= 15 is 0 Å². The number of ether oxygens (including phenoxy) is 5. The molecule has 44 heteroatoms. The Bertz CT molecular complexity index is 3750. The normalized spacial score (nSPS) is 12.0. The average molecular weight is 2070 g/mol. The van der Waals surface area contributed by atoms with Gasteiger partial charge in [0.05, 0.1) is 111 Å². The van der Waals surface area contributed by atoms with E-state index in [1.54, 1.807) is 41.5 Å². The van der Waals surface area contributed by atoms with E-state index in [9.17, 15) is 92.6 Å². The van der Waals surface area contributed by atoms with Gasteiger partial charge in [-0.05, 0) is 145 Å². The summed E-state index contributed by atoms with van der Waals surface area (Å²) in [5.74, 6) is -1.96. The fraction of sp³-hybridized carbons (Fsp3) is 0.830. The lowest BCUT2D eigenvalue weighted by molar-refractivity contribution is -0.890. The highest BCUT2D eigenvalue weighted by Gasteiger charge is 2.33. The molecule has 0 aliphatic heterocycles. The number of quaternary nitrogens is 2. The van der Waals surface area contributed by atoms with Gasteiger partial charge in [-0.15, -0.1) is 0 Å². The van der Waals surface area contributed by atoms with E-state index in [1.165, 1.54) is 0 Å². The smallest absolute Gasteiger partial charge is 0.469 e. The summed E-state index contributed by atoms with van der Waals surface area (Å²) in [6, 6.07) is 0. The number of nitrogens with one attached hydrogen (secondary N) is 5. The van der Waals surface area contributed by atoms with Gasteiger partial charge in [-0.1, -0.05) is 138 Å². The van der Waals surface area contributed by atoms with Crippen molar-refractivity contribution in [3.05, 3.63) is 24.3 Å². The zero-order valence-electron chi connectivity index (χ0n) is 89.8. The molecule has 0 fully saturated rings. The standard InChI is InChI=1S/2C17H29NO4.C15H32N2O4S.C13H27NO5S.2C8H18N2O.2C8H17O6P/c2*1-6-17(4,5)16(21)18-11-7-9-14(19)10-8-12-22-15(20)13(2)3;1-6-15(2,3)14(18)16-10-9-12-17(4,5)11-7-8-13-22(19,20)21;1-6-13(2,3)12(15)19-10-9-14(4,5)8-7-11-20(16,17)18;2*1-4-8(2,3)7(11)10-6-5-9;2*1-4-8(2,3)7(9)13-5-6-14-15(10,11)12/h2*2,6-12H2,1,3-5H3,(H,18,21);6-13H2,1-5H3,(H-,16,18,19,20,21);6-11H2,1-5H3;2*4-6,9H2,1-3H3,(H,10,11);2*4-6H2,1-3H3,(H2,10,11,12). The molecule has 0 rings (SSSR count). The molecule has 0 unspecified atom stereocenters. The van der Waals surface area contributed by atoms with E-state index in [2.05, 4.69) is 62.9 Å². The van der Waals surface area contributed by atoms with Crippen LogP contribution in [0.4, 0.5) is 0 Å². The van der Waals surface area contributed by atoms with Crippen molar-refractivity contribution in [2.24, 2.45) is 54.8 Å². The van der Waals surface area contributed by atoms with Crippen LogP contribution in [0.2, 0.25) is 0 Å². The molecule has 816 valence electrons. The third-order valence-electron chi connectivity index (χ3n) is 22.7. The summed E-state index contributed by atoms with van der Waals surface area (Å²) in [4.78, 5) is 171. The maximum absolute atomic E-state index is 11.9. The molecule has 0 atom stereocenters. The van der Waals surface area contributed by atoms with Crippen LogP contribution in [-0.2, 0) is 120 Å². The summed E-state index contributed by atoms with van der Waals surface area (Å²) in [7, 11) is -9.20. The molecule has 0 heterocycles. The molecule has 40 nitrogen and oxygen atoms in total. The van der Waals surface area contributed by atoms with E-state index < -0.39 is 76.0 Å². The highest BCUT2D eigenvalue weighted by Crippen LogP contribution is 2.36. The summed E-state index contributed by atoms with van der Waals surface area (Å²) in [5.41, 5.74) is 8.01. The van der Waals surface area contributed by atoms with Crippen LogP contribution in [0.5, 0.6) is 0 Å². The highest BCUT2D eigenvalue weighted by atomic mass is 32.2. The van der Waals surface area contributed by atoms with Gasteiger partial charge in [-0.2, -0.15) is 0 Å². The zero-order chi connectivity index (χ0) is 110. The first-order valence-electron chi connectivity index (χ1n) is 47.6. The highest BCUT2D eigenvalue weighted by molar-refractivity contribution is 7.85. The number of unbranched alkanes of at least 4 members (excludes halogenated alkanes) is 1. The van der Waals surface area contributed by atoms with E-state index in [-0.39, 0.29) is 125 Å². The van der Waals surface area contributed by atoms with Gasteiger partial charge in [0.15, 0.2) is 0 Å². The fourth-order valence-electron chi connectivity index (χ4n) is 9.12. The number of amides is 5. The number of phosphoric ester groups is 2. The monoisotopic (exact) mass is 2060 g/mol. The quantitative estimate of drug-likeness (QED) is 0.00512. The van der Waals surface area contributed by atoms with Gasteiger partial charge < -0.3 is 99.4 Å². The predicted molar refractivity (Wildman–Crippen MR) is 534 cm³/mol. The number of hydrogen-bond acceptors (Lipinski definition) is 29. The Morgan fingerprint density at radius 2 is 0.558 bits per heavy atom. The van der Waals surface area contributed by atoms with Crippen molar-refractivity contribution in [1.82, 2.24) is 26.6 Å². The van der Waals surface area contributed by atoms with Crippen molar-refractivity contribution < 1.29 is 154 Å². The van der Waals surface area contributed by atoms with Crippen molar-refractivity contribution in [2.75, 3.05) is 158 Å². The first-order valence-corrected chi connectivity index (χ1v) is 53.8. The van der Waals surface area contributed by atoms with Crippen LogP contribution in [-0.4, -0.2) is 283 Å². The summed E-state index contributed by atoms with van der Waals surface area (Å²) in [5, 5.41) is 14.2. The number of carbonyl (C=O) groups is 12. The SMILES string of the molecule is C=C(C)C(=O)OCCCC(=O)CCCNC(=O)C(C)(C)CC.C=C(C)C(=O)OCCCC(=O)CCCNC(=O)C(C)(C)CC.CCC(C)(C)C(=O)NCCC[N+](C)(C)CCCCS(=O)(=O)[O-].CCC(C)(C)C(=O)NCCN.CCC(C)(C)C(=O)NCCN.CCC(C)(C)C(=O)OCCOP(=O)(O)O.CCC(C)(C)C(=O)OCCOP(=O)(O)O.CCC(C)(C)C(=O)OCC[N+](C)(C)CCCS(=O)(=O)[O-]. The van der Waals surface area contributed by atoms with Gasteiger partial charge in [-0.3, -0.25) is 57.0 Å². The van der Waals surface area contributed by atoms with Gasteiger partial charge >= 0.3 is 45.5 Å².